The van der Waals surface area contributed by atoms with Crippen LogP contribution in [0.4, 0.5) is 4.79 Å². The summed E-state index contributed by atoms with van der Waals surface area (Å²) in [5.74, 6) is 0.736. The van der Waals surface area contributed by atoms with Crippen LogP contribution in [0.1, 0.15) is 26.1 Å². The summed E-state index contributed by atoms with van der Waals surface area (Å²) in [7, 11) is 0. The lowest BCUT2D eigenvalue weighted by Crippen LogP contribution is -2.46. The van der Waals surface area contributed by atoms with Crippen molar-refractivity contribution in [3.8, 4) is 5.75 Å². The predicted molar refractivity (Wildman–Crippen MR) is 101 cm³/mol. The monoisotopic (exact) mass is 385 g/mol. The molecule has 0 aliphatic heterocycles. The number of nitrogens with one attached hydrogen (secondary N) is 3. The van der Waals surface area contributed by atoms with Crippen LogP contribution < -0.4 is 20.9 Å². The van der Waals surface area contributed by atoms with E-state index in [0.717, 1.165) is 4.88 Å². The van der Waals surface area contributed by atoms with E-state index in [1.807, 2.05) is 49.4 Å². The topological polar surface area (TPSA) is 92.6 Å². The van der Waals surface area contributed by atoms with Gasteiger partial charge in [0.1, 0.15) is 18.1 Å². The van der Waals surface area contributed by atoms with Crippen LogP contribution >= 0.6 is 11.3 Å². The molecule has 140 valence electrons. The van der Waals surface area contributed by atoms with Gasteiger partial charge in [-0.15, -0.1) is 11.3 Å². The summed E-state index contributed by atoms with van der Waals surface area (Å²) in [6, 6.07) is 15.9. The molecule has 0 spiro atoms. The fourth-order valence-electron chi connectivity index (χ4n) is 2.22. The van der Waals surface area contributed by atoms with Crippen molar-refractivity contribution in [2.24, 2.45) is 0 Å². The molecule has 2 aromatic heterocycles. The molecule has 0 unspecified atom stereocenters. The van der Waals surface area contributed by atoms with Gasteiger partial charge in [0.05, 0.1) is 6.54 Å². The van der Waals surface area contributed by atoms with Crippen molar-refractivity contribution in [1.29, 1.82) is 0 Å². The third-order valence-corrected chi connectivity index (χ3v) is 4.52. The van der Waals surface area contributed by atoms with Crippen molar-refractivity contribution < 1.29 is 18.7 Å². The van der Waals surface area contributed by atoms with E-state index in [-0.39, 0.29) is 12.4 Å². The van der Waals surface area contributed by atoms with E-state index < -0.39 is 11.9 Å². The number of hydrogen-bond acceptors (Lipinski definition) is 5. The van der Waals surface area contributed by atoms with E-state index in [1.165, 1.54) is 10.9 Å². The van der Waals surface area contributed by atoms with Crippen molar-refractivity contribution in [3.63, 3.8) is 0 Å². The average molecular weight is 385 g/mol. The zero-order valence-electron chi connectivity index (χ0n) is 14.7. The molecule has 0 aliphatic carbocycles. The molecule has 0 aliphatic rings. The number of urea groups is 1. The molecule has 0 saturated heterocycles. The smallest absolute Gasteiger partial charge is 0.333 e. The van der Waals surface area contributed by atoms with Crippen LogP contribution in [-0.4, -0.2) is 11.9 Å². The maximum absolute atomic E-state index is 12.0. The number of carbonyl (C=O) groups excluding carboxylic acids is 2. The molecule has 7 nitrogen and oxygen atoms in total. The normalized spacial score (nSPS) is 10.3. The average Bonchev–Trinajstić information content (AvgIpc) is 3.32. The Morgan fingerprint density at radius 2 is 1.85 bits per heavy atom. The van der Waals surface area contributed by atoms with Gasteiger partial charge in [-0.3, -0.25) is 10.2 Å². The van der Waals surface area contributed by atoms with Gasteiger partial charge in [-0.2, -0.15) is 0 Å². The molecule has 0 atom stereocenters. The highest BCUT2D eigenvalue weighted by atomic mass is 32.1. The van der Waals surface area contributed by atoms with E-state index >= 15 is 0 Å². The Hall–Kier alpha value is -3.26. The molecule has 0 saturated carbocycles. The molecular formula is C19H19N3O4S. The number of para-hydroxylation sites is 1. The Balaban J connectivity index is 1.41. The number of benzene rings is 1. The van der Waals surface area contributed by atoms with E-state index in [0.29, 0.717) is 18.1 Å². The minimum Gasteiger partial charge on any atom is -0.486 e. The van der Waals surface area contributed by atoms with E-state index in [2.05, 4.69) is 16.2 Å². The minimum atomic E-state index is -0.553. The highest BCUT2D eigenvalue weighted by Crippen LogP contribution is 2.15. The van der Waals surface area contributed by atoms with Crippen molar-refractivity contribution in [2.75, 3.05) is 0 Å². The summed E-state index contributed by atoms with van der Waals surface area (Å²) in [5.41, 5.74) is 4.58. The summed E-state index contributed by atoms with van der Waals surface area (Å²) in [4.78, 5) is 26.0. The molecule has 3 rings (SSSR count). The lowest BCUT2D eigenvalue weighted by atomic mass is 10.3. The molecule has 3 amide bonds. The quantitative estimate of drug-likeness (QED) is 0.567. The first-order valence-electron chi connectivity index (χ1n) is 8.26. The molecule has 8 heteroatoms. The Labute approximate surface area is 160 Å². The summed E-state index contributed by atoms with van der Waals surface area (Å²) in [6.45, 7) is 2.59. The minimum absolute atomic E-state index is 0.0795. The van der Waals surface area contributed by atoms with Gasteiger partial charge in [-0.05, 0) is 43.3 Å². The number of hydrazine groups is 1. The largest absolute Gasteiger partial charge is 0.486 e. The first-order valence-corrected chi connectivity index (χ1v) is 9.08. The number of hydrogen-bond donors (Lipinski definition) is 3. The van der Waals surface area contributed by atoms with Crippen molar-refractivity contribution in [3.05, 3.63) is 75.9 Å². The summed E-state index contributed by atoms with van der Waals surface area (Å²) in [5, 5.41) is 2.66. The lowest BCUT2D eigenvalue weighted by molar-refractivity contribution is 0.0904. The van der Waals surface area contributed by atoms with E-state index in [1.54, 1.807) is 17.4 Å². The van der Waals surface area contributed by atoms with E-state index in [9.17, 15) is 9.59 Å². The zero-order chi connectivity index (χ0) is 19.1. The van der Waals surface area contributed by atoms with Crippen LogP contribution in [0.2, 0.25) is 0 Å². The van der Waals surface area contributed by atoms with Crippen molar-refractivity contribution >= 4 is 23.3 Å². The number of rotatable bonds is 6. The summed E-state index contributed by atoms with van der Waals surface area (Å²) >= 11 is 1.60. The number of thiophene rings is 1. The van der Waals surface area contributed by atoms with Gasteiger partial charge >= 0.3 is 11.9 Å². The molecular weight excluding hydrogens is 366 g/mol. The van der Waals surface area contributed by atoms with Crippen LogP contribution in [0.15, 0.2) is 59.0 Å². The van der Waals surface area contributed by atoms with E-state index in [4.69, 9.17) is 9.15 Å². The summed E-state index contributed by atoms with van der Waals surface area (Å²) < 4.78 is 11.0. The summed E-state index contributed by atoms with van der Waals surface area (Å²) in [6.07, 6.45) is 0. The number of aryl methyl sites for hydroxylation is 1. The van der Waals surface area contributed by atoms with Gasteiger partial charge < -0.3 is 14.5 Å². The fourth-order valence-corrected chi connectivity index (χ4v) is 3.05. The second kappa shape index (κ2) is 8.91. The molecule has 0 bridgehead atoms. The van der Waals surface area contributed by atoms with Crippen LogP contribution in [0.3, 0.4) is 0 Å². The van der Waals surface area contributed by atoms with Gasteiger partial charge in [0.15, 0.2) is 5.76 Å². The molecule has 27 heavy (non-hydrogen) atoms. The maximum Gasteiger partial charge on any atom is 0.333 e. The predicted octanol–water partition coefficient (Wildman–Crippen LogP) is 3.37. The second-order valence-corrected chi connectivity index (χ2v) is 7.01. The fraction of sp³-hybridized carbons (Fsp3) is 0.158. The van der Waals surface area contributed by atoms with Gasteiger partial charge in [0.25, 0.3) is 0 Å². The highest BCUT2D eigenvalue weighted by Gasteiger charge is 2.12. The van der Waals surface area contributed by atoms with Gasteiger partial charge in [-0.25, -0.2) is 10.2 Å². The molecule has 3 aromatic rings. The third-order valence-electron chi connectivity index (χ3n) is 3.52. The molecule has 3 N–H and O–H groups in total. The van der Waals surface area contributed by atoms with Crippen LogP contribution in [-0.2, 0) is 13.2 Å². The number of furan rings is 1. The van der Waals surface area contributed by atoms with Gasteiger partial charge in [-0.1, -0.05) is 18.2 Å². The van der Waals surface area contributed by atoms with Crippen molar-refractivity contribution in [1.82, 2.24) is 16.2 Å². The SMILES string of the molecule is Cc1ccc(CNC(=O)NNC(=O)c2ccc(COc3ccccc3)o2)s1. The first-order chi connectivity index (χ1) is 13.1. The van der Waals surface area contributed by atoms with Gasteiger partial charge in [0.2, 0.25) is 0 Å². The number of amides is 3. The Kier molecular flexibility index (Phi) is 6.11. The molecule has 1 aromatic carbocycles. The molecule has 0 fully saturated rings. The van der Waals surface area contributed by atoms with Crippen LogP contribution in [0.5, 0.6) is 5.75 Å². The Morgan fingerprint density at radius 3 is 2.59 bits per heavy atom. The van der Waals surface area contributed by atoms with Crippen molar-refractivity contribution in [2.45, 2.75) is 20.1 Å². The third kappa shape index (κ3) is 5.61. The first kappa shape index (κ1) is 18.5. The second-order valence-electron chi connectivity index (χ2n) is 5.64. The maximum atomic E-state index is 12.0. The number of carbonyl (C=O) groups is 2. The molecule has 2 heterocycles. The lowest BCUT2D eigenvalue weighted by Gasteiger charge is -2.07. The zero-order valence-corrected chi connectivity index (χ0v) is 15.5. The Bertz CT molecular complexity index is 905. The standard InChI is InChI=1S/C19H19N3O4S/c1-13-7-9-16(27-13)11-20-19(24)22-21-18(23)17-10-8-15(26-17)12-25-14-5-3-2-4-6-14/h2-10H,11-12H2,1H3,(H,21,23)(H2,20,22,24). The highest BCUT2D eigenvalue weighted by molar-refractivity contribution is 7.11. The number of ether oxygens (including phenoxy) is 1. The molecule has 0 radical (unpaired) electrons. The van der Waals surface area contributed by atoms with Crippen LogP contribution in [0.25, 0.3) is 0 Å². The van der Waals surface area contributed by atoms with Gasteiger partial charge in [0, 0.05) is 9.75 Å². The Morgan fingerprint density at radius 1 is 1.04 bits per heavy atom. The van der Waals surface area contributed by atoms with Crippen LogP contribution in [0, 0.1) is 6.92 Å².